The van der Waals surface area contributed by atoms with Crippen LogP contribution in [0.5, 0.6) is 0 Å². The van der Waals surface area contributed by atoms with E-state index < -0.39 is 11.9 Å². The minimum Gasteiger partial charge on any atom is -0.252 e. The second-order valence-corrected chi connectivity index (χ2v) is 2.59. The maximum Gasteiger partial charge on any atom is 0.433 e. The van der Waals surface area contributed by atoms with Gasteiger partial charge in [0.2, 0.25) is 0 Å². The van der Waals surface area contributed by atoms with E-state index in [4.69, 9.17) is 0 Å². The Morgan fingerprint density at radius 3 is 2.67 bits per heavy atom. The van der Waals surface area contributed by atoms with E-state index in [0.29, 0.717) is 6.42 Å². The average Bonchev–Trinajstić information content (AvgIpc) is 2.11. The summed E-state index contributed by atoms with van der Waals surface area (Å²) in [5, 5.41) is 0. The third-order valence-electron chi connectivity index (χ3n) is 1.43. The number of hydrogen-bond donors (Lipinski definition) is 0. The first-order valence-corrected chi connectivity index (χ1v) is 3.47. The number of halogens is 3. The van der Waals surface area contributed by atoms with Gasteiger partial charge in [-0.1, -0.05) is 11.6 Å². The van der Waals surface area contributed by atoms with Gasteiger partial charge in [-0.05, 0) is 19.4 Å². The van der Waals surface area contributed by atoms with Crippen molar-refractivity contribution in [1.82, 2.24) is 0 Å². The lowest BCUT2D eigenvalue weighted by Gasteiger charge is -2.03. The minimum atomic E-state index is -4.34. The highest BCUT2D eigenvalue weighted by molar-refractivity contribution is 6.00. The normalized spacial score (nSPS) is 18.3. The van der Waals surface area contributed by atoms with E-state index in [1.165, 1.54) is 12.3 Å². The molecule has 1 nitrogen and oxygen atoms in total. The molecular formula is C8H8F3N. The Morgan fingerprint density at radius 1 is 1.42 bits per heavy atom. The molecule has 0 amide bonds. The molecule has 0 aliphatic carbocycles. The Morgan fingerprint density at radius 2 is 2.08 bits per heavy atom. The van der Waals surface area contributed by atoms with Crippen molar-refractivity contribution in [2.45, 2.75) is 19.5 Å². The molecule has 1 aliphatic rings. The van der Waals surface area contributed by atoms with Gasteiger partial charge in [-0.3, -0.25) is 4.99 Å². The van der Waals surface area contributed by atoms with Gasteiger partial charge < -0.3 is 0 Å². The number of hydrogen-bond acceptors (Lipinski definition) is 1. The zero-order valence-electron chi connectivity index (χ0n) is 6.52. The van der Waals surface area contributed by atoms with Crippen LogP contribution in [0.4, 0.5) is 13.2 Å². The monoisotopic (exact) mass is 175 g/mol. The molecule has 4 heteroatoms. The minimum absolute atomic E-state index is 0.531. The van der Waals surface area contributed by atoms with Crippen LogP contribution >= 0.6 is 0 Å². The maximum absolute atomic E-state index is 12.0. The molecule has 0 N–H and O–H groups in total. The highest BCUT2D eigenvalue weighted by Gasteiger charge is 2.33. The van der Waals surface area contributed by atoms with Gasteiger partial charge in [0.25, 0.3) is 0 Å². The molecule has 0 unspecified atom stereocenters. The van der Waals surface area contributed by atoms with Gasteiger partial charge in [-0.15, -0.1) is 0 Å². The van der Waals surface area contributed by atoms with Gasteiger partial charge in [0.1, 0.15) is 5.71 Å². The summed E-state index contributed by atoms with van der Waals surface area (Å²) in [5.74, 6) is 0. The predicted molar refractivity (Wildman–Crippen MR) is 41.0 cm³/mol. The molecular weight excluding hydrogens is 167 g/mol. The second kappa shape index (κ2) is 3.13. The summed E-state index contributed by atoms with van der Waals surface area (Å²) in [6, 6.07) is 0. The molecule has 0 aromatic rings. The van der Waals surface area contributed by atoms with E-state index in [-0.39, 0.29) is 0 Å². The van der Waals surface area contributed by atoms with E-state index in [2.05, 4.69) is 4.99 Å². The van der Waals surface area contributed by atoms with E-state index in [1.54, 1.807) is 6.92 Å². The lowest BCUT2D eigenvalue weighted by Crippen LogP contribution is -2.20. The number of allylic oxidation sites excluding steroid dienone is 3. The Balaban J connectivity index is 2.92. The number of aliphatic imine (C=N–C) groups is 1. The van der Waals surface area contributed by atoms with Gasteiger partial charge in [-0.2, -0.15) is 13.2 Å². The van der Waals surface area contributed by atoms with E-state index >= 15 is 0 Å². The van der Waals surface area contributed by atoms with Crippen molar-refractivity contribution in [3.8, 4) is 0 Å². The van der Waals surface area contributed by atoms with Crippen molar-refractivity contribution in [2.24, 2.45) is 4.99 Å². The lowest BCUT2D eigenvalue weighted by atomic mass is 10.2. The topological polar surface area (TPSA) is 12.4 Å². The van der Waals surface area contributed by atoms with Crippen LogP contribution in [0.25, 0.3) is 0 Å². The fourth-order valence-corrected chi connectivity index (χ4v) is 0.800. The van der Waals surface area contributed by atoms with Crippen molar-refractivity contribution in [2.75, 3.05) is 0 Å². The summed E-state index contributed by atoms with van der Waals surface area (Å²) in [6.07, 6.45) is -0.0817. The van der Waals surface area contributed by atoms with E-state index in [0.717, 1.165) is 11.6 Å². The standard InChI is InChI=1S/C8H8F3N/c1-6-3-2-4-7(12-5-6)8(9,10)11/h2,4-5H,3H2,1H3. The van der Waals surface area contributed by atoms with Gasteiger partial charge >= 0.3 is 6.18 Å². The average molecular weight is 175 g/mol. The van der Waals surface area contributed by atoms with Crippen molar-refractivity contribution < 1.29 is 13.2 Å². The fourth-order valence-electron chi connectivity index (χ4n) is 0.800. The van der Waals surface area contributed by atoms with Crippen LogP contribution in [0.1, 0.15) is 13.3 Å². The molecule has 0 saturated heterocycles. The van der Waals surface area contributed by atoms with Crippen molar-refractivity contribution in [1.29, 1.82) is 0 Å². The smallest absolute Gasteiger partial charge is 0.252 e. The first kappa shape index (κ1) is 9.03. The molecule has 0 aromatic carbocycles. The quantitative estimate of drug-likeness (QED) is 0.536. The van der Waals surface area contributed by atoms with Crippen molar-refractivity contribution >= 4 is 5.71 Å². The fraction of sp³-hybridized carbons (Fsp3) is 0.375. The Labute approximate surface area is 68.3 Å². The highest BCUT2D eigenvalue weighted by atomic mass is 19.4. The molecule has 0 saturated carbocycles. The van der Waals surface area contributed by atoms with E-state index in [9.17, 15) is 13.2 Å². The van der Waals surface area contributed by atoms with Crippen LogP contribution < -0.4 is 0 Å². The van der Waals surface area contributed by atoms with Crippen LogP contribution in [0.15, 0.2) is 28.9 Å². The molecule has 0 aromatic heterocycles. The summed E-state index contributed by atoms with van der Waals surface area (Å²) < 4.78 is 36.1. The molecule has 66 valence electrons. The Kier molecular flexibility index (Phi) is 2.35. The molecule has 0 fully saturated rings. The van der Waals surface area contributed by atoms with E-state index in [1.807, 2.05) is 0 Å². The molecule has 1 heterocycles. The van der Waals surface area contributed by atoms with Crippen LogP contribution in [-0.4, -0.2) is 11.9 Å². The lowest BCUT2D eigenvalue weighted by molar-refractivity contribution is -0.0576. The SMILES string of the molecule is CC1=CN=C(C(F)(F)F)C=CC1. The largest absolute Gasteiger partial charge is 0.433 e. The van der Waals surface area contributed by atoms with Crippen LogP contribution in [0.3, 0.4) is 0 Å². The van der Waals surface area contributed by atoms with Gasteiger partial charge in [-0.25, -0.2) is 0 Å². The van der Waals surface area contributed by atoms with Crippen molar-refractivity contribution in [3.05, 3.63) is 23.9 Å². The Bertz CT molecular complexity index is 258. The summed E-state index contributed by atoms with van der Waals surface area (Å²) in [6.45, 7) is 1.74. The highest BCUT2D eigenvalue weighted by Crippen LogP contribution is 2.20. The molecule has 0 bridgehead atoms. The third-order valence-corrected chi connectivity index (χ3v) is 1.43. The zero-order valence-corrected chi connectivity index (χ0v) is 6.52. The van der Waals surface area contributed by atoms with Crippen LogP contribution in [0, 0.1) is 0 Å². The van der Waals surface area contributed by atoms with Crippen LogP contribution in [0.2, 0.25) is 0 Å². The summed E-state index contributed by atoms with van der Waals surface area (Å²) >= 11 is 0. The molecule has 1 aliphatic heterocycles. The molecule has 12 heavy (non-hydrogen) atoms. The van der Waals surface area contributed by atoms with Crippen LogP contribution in [-0.2, 0) is 0 Å². The van der Waals surface area contributed by atoms with Gasteiger partial charge in [0.15, 0.2) is 0 Å². The molecule has 1 rings (SSSR count). The molecule has 0 radical (unpaired) electrons. The molecule has 0 spiro atoms. The first-order valence-electron chi connectivity index (χ1n) is 3.47. The first-order chi connectivity index (χ1) is 5.50. The number of alkyl halides is 3. The zero-order chi connectivity index (χ0) is 9.19. The Hall–Kier alpha value is -1.06. The third kappa shape index (κ3) is 2.22. The molecule has 0 atom stereocenters. The van der Waals surface area contributed by atoms with Crippen molar-refractivity contribution in [3.63, 3.8) is 0 Å². The second-order valence-electron chi connectivity index (χ2n) is 2.59. The number of rotatable bonds is 0. The summed E-state index contributed by atoms with van der Waals surface area (Å²) in [4.78, 5) is 3.32. The van der Waals surface area contributed by atoms with Gasteiger partial charge in [0.05, 0.1) is 0 Å². The summed E-state index contributed by atoms with van der Waals surface area (Å²) in [5.41, 5.74) is -0.00940. The maximum atomic E-state index is 12.0. The predicted octanol–water partition coefficient (Wildman–Crippen LogP) is 2.85. The summed E-state index contributed by atoms with van der Waals surface area (Å²) in [7, 11) is 0. The number of nitrogens with zero attached hydrogens (tertiary/aromatic N) is 1. The van der Waals surface area contributed by atoms with Gasteiger partial charge in [0, 0.05) is 6.20 Å².